The highest BCUT2D eigenvalue weighted by molar-refractivity contribution is 6.30. The zero-order chi connectivity index (χ0) is 20.5. The van der Waals surface area contributed by atoms with Gasteiger partial charge in [-0.15, -0.1) is 0 Å². The fraction of sp³-hybridized carbons (Fsp3) is 0.400. The molecule has 1 unspecified atom stereocenters. The van der Waals surface area contributed by atoms with Gasteiger partial charge in [-0.25, -0.2) is 4.98 Å². The summed E-state index contributed by atoms with van der Waals surface area (Å²) in [5.74, 6) is -0.126. The van der Waals surface area contributed by atoms with Crippen LogP contribution in [-0.4, -0.2) is 49.4 Å². The van der Waals surface area contributed by atoms with Crippen molar-refractivity contribution in [1.29, 1.82) is 0 Å². The van der Waals surface area contributed by atoms with Crippen LogP contribution in [0, 0.1) is 0 Å². The van der Waals surface area contributed by atoms with Gasteiger partial charge in [0, 0.05) is 32.1 Å². The van der Waals surface area contributed by atoms with Crippen LogP contribution in [0.4, 0.5) is 5.69 Å². The van der Waals surface area contributed by atoms with Crippen molar-refractivity contribution in [1.82, 2.24) is 24.5 Å². The third kappa shape index (κ3) is 3.72. The van der Waals surface area contributed by atoms with Crippen molar-refractivity contribution in [3.63, 3.8) is 0 Å². The summed E-state index contributed by atoms with van der Waals surface area (Å²) in [6.07, 6.45) is 5.79. The Morgan fingerprint density at radius 3 is 2.97 bits per heavy atom. The van der Waals surface area contributed by atoms with Gasteiger partial charge in [0.1, 0.15) is 11.3 Å². The first kappa shape index (κ1) is 19.4. The molecule has 3 aromatic heterocycles. The maximum absolute atomic E-state index is 13.5. The molecule has 0 spiro atoms. The number of imidazole rings is 1. The van der Waals surface area contributed by atoms with Crippen LogP contribution in [0.25, 0.3) is 5.65 Å². The zero-order valence-corrected chi connectivity index (χ0v) is 17.2. The summed E-state index contributed by atoms with van der Waals surface area (Å²) in [4.78, 5) is 31.4. The van der Waals surface area contributed by atoms with Gasteiger partial charge in [-0.2, -0.15) is 5.10 Å². The number of aromatic amines is 1. The van der Waals surface area contributed by atoms with Crippen LogP contribution < -0.4 is 5.32 Å². The van der Waals surface area contributed by atoms with Crippen molar-refractivity contribution in [3.8, 4) is 0 Å². The molecule has 9 heteroatoms. The van der Waals surface area contributed by atoms with Crippen molar-refractivity contribution in [2.45, 2.75) is 39.0 Å². The van der Waals surface area contributed by atoms with Crippen LogP contribution in [0.2, 0.25) is 5.02 Å². The first-order valence-corrected chi connectivity index (χ1v) is 10.1. The Kier molecular flexibility index (Phi) is 5.27. The predicted octanol–water partition coefficient (Wildman–Crippen LogP) is 3.25. The summed E-state index contributed by atoms with van der Waals surface area (Å²) in [5, 5.41) is 10.4. The molecule has 0 radical (unpaired) electrons. The fourth-order valence-electron chi connectivity index (χ4n) is 3.98. The van der Waals surface area contributed by atoms with E-state index in [0.29, 0.717) is 41.6 Å². The highest BCUT2D eigenvalue weighted by Gasteiger charge is 2.31. The number of nitrogens with zero attached hydrogens (tertiary/aromatic N) is 4. The monoisotopic (exact) mass is 414 g/mol. The molecule has 4 rings (SSSR count). The smallest absolute Gasteiger partial charge is 0.272 e. The Bertz CT molecular complexity index is 1070. The van der Waals surface area contributed by atoms with E-state index in [-0.39, 0.29) is 17.7 Å². The molecular formula is C20H23ClN6O2. The third-order valence-electron chi connectivity index (χ3n) is 5.29. The number of carbonyl (C=O) groups excluding carboxylic acids is 2. The van der Waals surface area contributed by atoms with Gasteiger partial charge in [-0.1, -0.05) is 18.5 Å². The summed E-state index contributed by atoms with van der Waals surface area (Å²) < 4.78 is 1.78. The Morgan fingerprint density at radius 2 is 2.21 bits per heavy atom. The molecule has 1 aliphatic rings. The fourth-order valence-corrected chi connectivity index (χ4v) is 4.14. The van der Waals surface area contributed by atoms with Crippen LogP contribution in [0.1, 0.15) is 54.5 Å². The number of H-pyrrole nitrogens is 1. The molecule has 0 saturated carbocycles. The maximum atomic E-state index is 13.5. The predicted molar refractivity (Wildman–Crippen MR) is 110 cm³/mol. The molecule has 3 aromatic rings. The second kappa shape index (κ2) is 7.87. The summed E-state index contributed by atoms with van der Waals surface area (Å²) in [6, 6.07) is 3.60. The minimum atomic E-state index is -0.147. The molecule has 2 N–H and O–H groups in total. The van der Waals surface area contributed by atoms with Crippen LogP contribution in [0.15, 0.2) is 24.5 Å². The summed E-state index contributed by atoms with van der Waals surface area (Å²) in [7, 11) is 0. The second-order valence-corrected chi connectivity index (χ2v) is 7.74. The number of carbonyl (C=O) groups is 2. The molecule has 29 heavy (non-hydrogen) atoms. The lowest BCUT2D eigenvalue weighted by Gasteiger charge is -2.32. The number of piperidine rings is 1. The van der Waals surface area contributed by atoms with Gasteiger partial charge in [-0.3, -0.25) is 19.1 Å². The molecule has 2 amide bonds. The number of fused-ring (bicyclic) bond motifs is 1. The molecule has 1 aliphatic heterocycles. The molecule has 1 atom stereocenters. The van der Waals surface area contributed by atoms with Gasteiger partial charge >= 0.3 is 0 Å². The highest BCUT2D eigenvalue weighted by atomic mass is 35.5. The average Bonchev–Trinajstić information content (AvgIpc) is 3.30. The van der Waals surface area contributed by atoms with E-state index in [1.807, 2.05) is 17.9 Å². The van der Waals surface area contributed by atoms with E-state index >= 15 is 0 Å². The summed E-state index contributed by atoms with van der Waals surface area (Å²) in [6.45, 7) is 4.68. The molecule has 0 aromatic carbocycles. The third-order valence-corrected chi connectivity index (χ3v) is 5.51. The van der Waals surface area contributed by atoms with Gasteiger partial charge < -0.3 is 10.2 Å². The van der Waals surface area contributed by atoms with E-state index in [1.54, 1.807) is 22.9 Å². The zero-order valence-electron chi connectivity index (χ0n) is 16.4. The lowest BCUT2D eigenvalue weighted by atomic mass is 9.93. The van der Waals surface area contributed by atoms with Gasteiger partial charge in [-0.05, 0) is 31.4 Å². The first-order chi connectivity index (χ1) is 14.0. The highest BCUT2D eigenvalue weighted by Crippen LogP contribution is 2.31. The van der Waals surface area contributed by atoms with Crippen molar-refractivity contribution in [2.75, 3.05) is 18.4 Å². The number of pyridine rings is 1. The van der Waals surface area contributed by atoms with E-state index < -0.39 is 0 Å². The minimum Gasteiger partial charge on any atom is -0.337 e. The Labute approximate surface area is 173 Å². The number of rotatable bonds is 4. The maximum Gasteiger partial charge on any atom is 0.272 e. The molecular weight excluding hydrogens is 392 g/mol. The second-order valence-electron chi connectivity index (χ2n) is 7.31. The molecule has 4 heterocycles. The molecule has 1 saturated heterocycles. The Balaban J connectivity index is 1.63. The normalized spacial score (nSPS) is 16.9. The van der Waals surface area contributed by atoms with E-state index in [2.05, 4.69) is 20.5 Å². The number of likely N-dealkylation sites (tertiary alicyclic amines) is 1. The minimum absolute atomic E-state index is 0.0538. The first-order valence-electron chi connectivity index (χ1n) is 9.74. The number of hydrogen-bond donors (Lipinski definition) is 2. The SMILES string of the molecule is CCc1nc2ccc(Cl)cn2c1C(=O)N1CCCC(c2[nH]ncc2NC(C)=O)C1. The summed E-state index contributed by atoms with van der Waals surface area (Å²) >= 11 is 6.16. The van der Waals surface area contributed by atoms with Gasteiger partial charge in [0.2, 0.25) is 5.91 Å². The van der Waals surface area contributed by atoms with Crippen molar-refractivity contribution < 1.29 is 9.59 Å². The molecule has 0 aliphatic carbocycles. The Morgan fingerprint density at radius 1 is 1.38 bits per heavy atom. The Hall–Kier alpha value is -2.87. The topological polar surface area (TPSA) is 95.4 Å². The van der Waals surface area contributed by atoms with Gasteiger partial charge in [0.15, 0.2) is 0 Å². The van der Waals surface area contributed by atoms with E-state index in [4.69, 9.17) is 11.6 Å². The number of hydrogen-bond acceptors (Lipinski definition) is 4. The van der Waals surface area contributed by atoms with Crippen molar-refractivity contribution in [2.24, 2.45) is 0 Å². The van der Waals surface area contributed by atoms with Crippen LogP contribution >= 0.6 is 11.6 Å². The van der Waals surface area contributed by atoms with E-state index in [1.165, 1.54) is 6.92 Å². The van der Waals surface area contributed by atoms with Gasteiger partial charge in [0.05, 0.1) is 28.3 Å². The average molecular weight is 415 g/mol. The van der Waals surface area contributed by atoms with Gasteiger partial charge in [0.25, 0.3) is 5.91 Å². The largest absolute Gasteiger partial charge is 0.337 e. The quantitative estimate of drug-likeness (QED) is 0.685. The van der Waals surface area contributed by atoms with Crippen molar-refractivity contribution in [3.05, 3.63) is 46.6 Å². The van der Waals surface area contributed by atoms with Crippen LogP contribution in [0.5, 0.6) is 0 Å². The number of anilines is 1. The van der Waals surface area contributed by atoms with E-state index in [0.717, 1.165) is 24.2 Å². The lowest BCUT2D eigenvalue weighted by molar-refractivity contribution is -0.114. The molecule has 8 nitrogen and oxygen atoms in total. The van der Waals surface area contributed by atoms with Crippen molar-refractivity contribution >= 4 is 34.7 Å². The number of aromatic nitrogens is 4. The number of nitrogens with one attached hydrogen (secondary N) is 2. The van der Waals surface area contributed by atoms with Crippen LogP contribution in [-0.2, 0) is 11.2 Å². The standard InChI is InChI=1S/C20H23ClN6O2/c1-3-15-19(27-11-14(21)6-7-17(27)24-15)20(29)26-8-4-5-13(10-26)18-16(9-22-25-18)23-12(2)28/h6-7,9,11,13H,3-5,8,10H2,1-2H3,(H,22,25)(H,23,28). The summed E-state index contributed by atoms with van der Waals surface area (Å²) in [5.41, 5.74) is 3.57. The number of aryl methyl sites for hydroxylation is 1. The number of amides is 2. The lowest BCUT2D eigenvalue weighted by Crippen LogP contribution is -2.40. The molecule has 1 fully saturated rings. The van der Waals surface area contributed by atoms with E-state index in [9.17, 15) is 9.59 Å². The van der Waals surface area contributed by atoms with Crippen LogP contribution in [0.3, 0.4) is 0 Å². The molecule has 152 valence electrons. The molecule has 0 bridgehead atoms. The number of halogens is 1.